The average Bonchev–Trinajstić information content (AvgIpc) is 3.07. The summed E-state index contributed by atoms with van der Waals surface area (Å²) in [6.45, 7) is 11.1. The van der Waals surface area contributed by atoms with Crippen LogP contribution in [-0.4, -0.2) is 41.4 Å². The van der Waals surface area contributed by atoms with Gasteiger partial charge in [0.15, 0.2) is 0 Å². The van der Waals surface area contributed by atoms with Crippen molar-refractivity contribution in [1.29, 1.82) is 0 Å². The number of carbonyl (C=O) groups is 1. The van der Waals surface area contributed by atoms with Crippen molar-refractivity contribution < 1.29 is 15.0 Å². The van der Waals surface area contributed by atoms with E-state index in [1.165, 1.54) is 44.9 Å². The van der Waals surface area contributed by atoms with Gasteiger partial charge in [0.2, 0.25) is 0 Å². The van der Waals surface area contributed by atoms with E-state index in [0.29, 0.717) is 42.2 Å². The van der Waals surface area contributed by atoms with Gasteiger partial charge in [0.05, 0.1) is 6.10 Å². The van der Waals surface area contributed by atoms with E-state index in [4.69, 9.17) is 5.73 Å². The molecular weight excluding hydrogens is 400 g/mol. The summed E-state index contributed by atoms with van der Waals surface area (Å²) in [4.78, 5) is 11.2. The maximum Gasteiger partial charge on any atom is 0.303 e. The van der Waals surface area contributed by atoms with Gasteiger partial charge in [-0.1, -0.05) is 34.1 Å². The van der Waals surface area contributed by atoms with Crippen molar-refractivity contribution in [2.24, 2.45) is 46.2 Å². The number of aliphatic carboxylic acids is 1. The van der Waals surface area contributed by atoms with Crippen molar-refractivity contribution in [2.45, 2.75) is 110 Å². The Balaban J connectivity index is 1.72. The van der Waals surface area contributed by atoms with Gasteiger partial charge in [0.25, 0.3) is 0 Å². The Kier molecular flexibility index (Phi) is 8.71. The predicted octanol–water partition coefficient (Wildman–Crippen LogP) is 4.81. The number of fused-ring (bicyclic) bond motifs is 1. The number of nitrogens with one attached hydrogen (secondary N) is 1. The lowest BCUT2D eigenvalue weighted by Crippen LogP contribution is -2.53. The maximum atomic E-state index is 11.3. The van der Waals surface area contributed by atoms with Gasteiger partial charge in [-0.15, -0.1) is 0 Å². The summed E-state index contributed by atoms with van der Waals surface area (Å²) >= 11 is 0. The molecule has 3 aliphatic carbocycles. The number of aliphatic hydroxyl groups is 1. The first-order valence-corrected chi connectivity index (χ1v) is 13.5. The van der Waals surface area contributed by atoms with Crippen LogP contribution in [0.15, 0.2) is 0 Å². The molecule has 0 saturated heterocycles. The second kappa shape index (κ2) is 10.7. The largest absolute Gasteiger partial charge is 0.481 e. The Labute approximate surface area is 196 Å². The van der Waals surface area contributed by atoms with Gasteiger partial charge < -0.3 is 21.3 Å². The fraction of sp³-hybridized carbons (Fsp3) is 0.963. The molecule has 5 unspecified atom stereocenters. The fourth-order valence-electron chi connectivity index (χ4n) is 8.67. The van der Waals surface area contributed by atoms with Crippen molar-refractivity contribution in [3.05, 3.63) is 0 Å². The predicted molar refractivity (Wildman–Crippen MR) is 130 cm³/mol. The second-order valence-corrected chi connectivity index (χ2v) is 12.2. The highest BCUT2D eigenvalue weighted by Gasteiger charge is 2.55. The summed E-state index contributed by atoms with van der Waals surface area (Å²) in [5, 5.41) is 24.1. The quantitative estimate of drug-likeness (QED) is 0.383. The van der Waals surface area contributed by atoms with Gasteiger partial charge in [0.1, 0.15) is 0 Å². The van der Waals surface area contributed by atoms with Crippen LogP contribution in [0.3, 0.4) is 0 Å². The van der Waals surface area contributed by atoms with Gasteiger partial charge in [0, 0.05) is 25.6 Å². The molecule has 0 bridgehead atoms. The Hall–Kier alpha value is -0.650. The zero-order chi connectivity index (χ0) is 23.5. The van der Waals surface area contributed by atoms with Crippen LogP contribution >= 0.6 is 0 Å². The van der Waals surface area contributed by atoms with Crippen LogP contribution in [0.4, 0.5) is 0 Å². The molecule has 0 amide bonds. The molecule has 0 aromatic rings. The second-order valence-electron chi connectivity index (χ2n) is 12.2. The molecule has 0 aliphatic heterocycles. The summed E-state index contributed by atoms with van der Waals surface area (Å²) in [7, 11) is 0. The van der Waals surface area contributed by atoms with Gasteiger partial charge in [-0.05, 0) is 98.2 Å². The minimum absolute atomic E-state index is 0.199. The molecule has 32 heavy (non-hydrogen) atoms. The highest BCUT2D eigenvalue weighted by molar-refractivity contribution is 5.66. The van der Waals surface area contributed by atoms with Gasteiger partial charge in [-0.25, -0.2) is 0 Å². The minimum atomic E-state index is -0.672. The highest BCUT2D eigenvalue weighted by Crippen LogP contribution is 2.62. The normalized spacial score (nSPS) is 43.1. The number of hydrogen-bond acceptors (Lipinski definition) is 4. The first-order valence-electron chi connectivity index (χ1n) is 13.5. The third-order valence-corrected chi connectivity index (χ3v) is 10.2. The molecule has 0 heterocycles. The fourth-order valence-corrected chi connectivity index (χ4v) is 8.67. The van der Waals surface area contributed by atoms with E-state index in [-0.39, 0.29) is 23.4 Å². The van der Waals surface area contributed by atoms with Gasteiger partial charge in [-0.2, -0.15) is 0 Å². The molecule has 5 N–H and O–H groups in total. The monoisotopic (exact) mass is 450 g/mol. The van der Waals surface area contributed by atoms with Crippen molar-refractivity contribution in [1.82, 2.24) is 5.32 Å². The van der Waals surface area contributed by atoms with Crippen LogP contribution in [0.25, 0.3) is 0 Å². The Morgan fingerprint density at radius 3 is 2.59 bits per heavy atom. The summed E-state index contributed by atoms with van der Waals surface area (Å²) in [5.74, 6) is 2.02. The summed E-state index contributed by atoms with van der Waals surface area (Å²) < 4.78 is 0. The molecule has 186 valence electrons. The van der Waals surface area contributed by atoms with Crippen molar-refractivity contribution in [3.63, 3.8) is 0 Å². The van der Waals surface area contributed by atoms with Gasteiger partial charge in [-0.3, -0.25) is 4.79 Å². The van der Waals surface area contributed by atoms with Crippen molar-refractivity contribution >= 4 is 5.97 Å². The Morgan fingerprint density at radius 2 is 1.94 bits per heavy atom. The Bertz CT molecular complexity index is 628. The summed E-state index contributed by atoms with van der Waals surface area (Å²) in [5.41, 5.74) is 6.20. The van der Waals surface area contributed by atoms with E-state index in [9.17, 15) is 15.0 Å². The lowest BCUT2D eigenvalue weighted by molar-refractivity contribution is -0.137. The van der Waals surface area contributed by atoms with Crippen LogP contribution in [0, 0.1) is 40.4 Å². The molecule has 0 radical (unpaired) electrons. The van der Waals surface area contributed by atoms with Crippen LogP contribution in [0.5, 0.6) is 0 Å². The molecular formula is C27H50N2O3. The van der Waals surface area contributed by atoms with Gasteiger partial charge >= 0.3 is 5.97 Å². The third-order valence-electron chi connectivity index (χ3n) is 10.2. The van der Waals surface area contributed by atoms with E-state index in [1.54, 1.807) is 0 Å². The number of carboxylic acid groups (broad SMARTS) is 1. The van der Waals surface area contributed by atoms with Crippen LogP contribution in [0.1, 0.15) is 98.3 Å². The lowest BCUT2D eigenvalue weighted by Gasteiger charge is -2.55. The molecule has 3 rings (SSSR count). The molecule has 0 spiro atoms. The highest BCUT2D eigenvalue weighted by atomic mass is 16.4. The standard InChI is InChI=1S/C27H50N2O3/c1-5-11-27(4)21(18(2)6-9-25(31)32)7-8-22(27)19-15-24(30)23-16-20(29-14-13-28)10-12-26(23,3)17-19/h18-24,29-30H,5-17,28H2,1-4H3,(H,31,32)/t18?,19?,20?,21?,22?,23-,24-,26-,27-/m1/s1. The minimum Gasteiger partial charge on any atom is -0.481 e. The topological polar surface area (TPSA) is 95.6 Å². The average molecular weight is 451 g/mol. The molecule has 0 aromatic heterocycles. The number of carboxylic acids is 1. The number of aliphatic hydroxyl groups excluding tert-OH is 1. The lowest BCUT2D eigenvalue weighted by atomic mass is 9.52. The SMILES string of the molecule is CCC[C@]1(C)C(C(C)CCC(=O)O)CCC1C1C[C@@H](O)[C@H]2CC(NCCN)CC[C@]2(C)C1. The maximum absolute atomic E-state index is 11.3. The zero-order valence-corrected chi connectivity index (χ0v) is 21.1. The first kappa shape index (κ1) is 26.0. The van der Waals surface area contributed by atoms with Crippen LogP contribution in [0.2, 0.25) is 0 Å². The number of nitrogens with two attached hydrogens (primary N) is 1. The Morgan fingerprint density at radius 1 is 1.19 bits per heavy atom. The van der Waals surface area contributed by atoms with Crippen molar-refractivity contribution in [3.8, 4) is 0 Å². The van der Waals surface area contributed by atoms with E-state index in [0.717, 1.165) is 25.8 Å². The van der Waals surface area contributed by atoms with E-state index >= 15 is 0 Å². The van der Waals surface area contributed by atoms with E-state index < -0.39 is 5.97 Å². The zero-order valence-electron chi connectivity index (χ0n) is 21.1. The molecule has 3 aliphatic rings. The first-order chi connectivity index (χ1) is 15.1. The molecule has 3 saturated carbocycles. The van der Waals surface area contributed by atoms with Crippen LogP contribution in [-0.2, 0) is 4.79 Å². The van der Waals surface area contributed by atoms with Crippen LogP contribution < -0.4 is 11.1 Å². The molecule has 3 fully saturated rings. The number of hydrogen-bond donors (Lipinski definition) is 4. The molecule has 0 aromatic carbocycles. The molecule has 5 heteroatoms. The van der Waals surface area contributed by atoms with Crippen molar-refractivity contribution in [2.75, 3.05) is 13.1 Å². The molecule has 9 atom stereocenters. The van der Waals surface area contributed by atoms with E-state index in [1.807, 2.05) is 0 Å². The molecule has 5 nitrogen and oxygen atoms in total. The summed E-state index contributed by atoms with van der Waals surface area (Å²) in [6.07, 6.45) is 11.4. The summed E-state index contributed by atoms with van der Waals surface area (Å²) in [6, 6.07) is 0.499. The third kappa shape index (κ3) is 5.36. The van der Waals surface area contributed by atoms with E-state index in [2.05, 4.69) is 33.0 Å². The smallest absolute Gasteiger partial charge is 0.303 e. The number of rotatable bonds is 10.